The van der Waals surface area contributed by atoms with E-state index >= 15 is 0 Å². The van der Waals surface area contributed by atoms with Gasteiger partial charge in [0, 0.05) is 23.6 Å². The van der Waals surface area contributed by atoms with Gasteiger partial charge in [0.2, 0.25) is 0 Å². The van der Waals surface area contributed by atoms with E-state index in [4.69, 9.17) is 10.00 Å². The molecule has 23 heavy (non-hydrogen) atoms. The van der Waals surface area contributed by atoms with Crippen molar-refractivity contribution >= 4 is 17.3 Å². The number of ether oxygens (including phenoxy) is 1. The third-order valence-electron chi connectivity index (χ3n) is 2.94. The van der Waals surface area contributed by atoms with Crippen molar-refractivity contribution in [2.24, 2.45) is 0 Å². The van der Waals surface area contributed by atoms with Gasteiger partial charge in [-0.1, -0.05) is 6.07 Å². The zero-order chi connectivity index (χ0) is 16.7. The highest BCUT2D eigenvalue weighted by Gasteiger charge is 2.09. The zero-order valence-electron chi connectivity index (χ0n) is 12.4. The fraction of sp³-hybridized carbons (Fsp3) is 0.0588. The number of aromatic hydroxyl groups is 1. The maximum atomic E-state index is 12.0. The minimum absolute atomic E-state index is 0.0293. The van der Waals surface area contributed by atoms with Crippen molar-refractivity contribution < 1.29 is 14.6 Å². The smallest absolute Gasteiger partial charge is 0.267 e. The third kappa shape index (κ3) is 4.51. The van der Waals surface area contributed by atoms with Crippen molar-refractivity contribution in [1.82, 2.24) is 0 Å². The number of hydrogen-bond donors (Lipinski definition) is 3. The maximum Gasteiger partial charge on any atom is 0.267 e. The lowest BCUT2D eigenvalue weighted by atomic mass is 10.2. The standard InChI is InChI=1S/C17H15N3O3/c1-23-16-7-5-13(6-8-16)19-11-12(10-18)17(22)20-14-3-2-4-15(21)9-14/h2-9,11,19,21H,1H3,(H,20,22)/b12-11-. The number of nitriles is 1. The monoisotopic (exact) mass is 309 g/mol. The molecule has 6 heteroatoms. The number of nitrogens with one attached hydrogen (secondary N) is 2. The highest BCUT2D eigenvalue weighted by atomic mass is 16.5. The zero-order valence-corrected chi connectivity index (χ0v) is 12.4. The van der Waals surface area contributed by atoms with Crippen molar-refractivity contribution in [2.45, 2.75) is 0 Å². The predicted molar refractivity (Wildman–Crippen MR) is 87.0 cm³/mol. The number of anilines is 2. The van der Waals surface area contributed by atoms with Gasteiger partial charge in [-0.15, -0.1) is 0 Å². The molecule has 3 N–H and O–H groups in total. The van der Waals surface area contributed by atoms with Gasteiger partial charge in [-0.2, -0.15) is 5.26 Å². The molecule has 0 saturated heterocycles. The Kier molecular flexibility index (Phi) is 5.21. The third-order valence-corrected chi connectivity index (χ3v) is 2.94. The number of nitrogens with zero attached hydrogens (tertiary/aromatic N) is 1. The van der Waals surface area contributed by atoms with E-state index in [2.05, 4.69) is 10.6 Å². The van der Waals surface area contributed by atoms with Crippen LogP contribution in [0.5, 0.6) is 11.5 Å². The van der Waals surface area contributed by atoms with E-state index < -0.39 is 5.91 Å². The summed E-state index contributed by atoms with van der Waals surface area (Å²) in [6.07, 6.45) is 1.32. The van der Waals surface area contributed by atoms with Gasteiger partial charge in [-0.3, -0.25) is 4.79 Å². The summed E-state index contributed by atoms with van der Waals surface area (Å²) in [5.41, 5.74) is 1.02. The molecule has 0 saturated carbocycles. The average Bonchev–Trinajstić information content (AvgIpc) is 2.56. The first-order chi connectivity index (χ1) is 11.1. The van der Waals surface area contributed by atoms with Gasteiger partial charge in [0.1, 0.15) is 23.1 Å². The van der Waals surface area contributed by atoms with Crippen LogP contribution in [0.1, 0.15) is 0 Å². The summed E-state index contributed by atoms with van der Waals surface area (Å²) in [5, 5.41) is 23.9. The molecule has 0 aromatic heterocycles. The number of rotatable bonds is 5. The number of phenolic OH excluding ortho intramolecular Hbond substituents is 1. The van der Waals surface area contributed by atoms with E-state index in [0.717, 1.165) is 0 Å². The predicted octanol–water partition coefficient (Wildman–Crippen LogP) is 2.86. The van der Waals surface area contributed by atoms with E-state index in [-0.39, 0.29) is 11.3 Å². The number of carbonyl (C=O) groups excluding carboxylic acids is 1. The summed E-state index contributed by atoms with van der Waals surface area (Å²) in [6.45, 7) is 0. The van der Waals surface area contributed by atoms with E-state index in [1.807, 2.05) is 6.07 Å². The van der Waals surface area contributed by atoms with Crippen LogP contribution in [0.4, 0.5) is 11.4 Å². The van der Waals surface area contributed by atoms with Gasteiger partial charge < -0.3 is 20.5 Å². The number of amides is 1. The van der Waals surface area contributed by atoms with Gasteiger partial charge in [-0.05, 0) is 36.4 Å². The highest BCUT2D eigenvalue weighted by molar-refractivity contribution is 6.06. The Morgan fingerprint density at radius 3 is 2.57 bits per heavy atom. The molecule has 0 aliphatic rings. The molecule has 0 atom stereocenters. The molecule has 116 valence electrons. The van der Waals surface area contributed by atoms with Gasteiger partial charge in [0.25, 0.3) is 5.91 Å². The van der Waals surface area contributed by atoms with Crippen LogP contribution in [-0.4, -0.2) is 18.1 Å². The summed E-state index contributed by atoms with van der Waals surface area (Å²) in [5.74, 6) is 0.169. The Hall–Kier alpha value is -3.46. The average molecular weight is 309 g/mol. The summed E-state index contributed by atoms with van der Waals surface area (Å²) >= 11 is 0. The lowest BCUT2D eigenvalue weighted by molar-refractivity contribution is -0.112. The van der Waals surface area contributed by atoms with Crippen LogP contribution >= 0.6 is 0 Å². The summed E-state index contributed by atoms with van der Waals surface area (Å²) < 4.78 is 5.05. The first kappa shape index (κ1) is 15.9. The number of hydrogen-bond acceptors (Lipinski definition) is 5. The molecule has 0 spiro atoms. The van der Waals surface area contributed by atoms with Gasteiger partial charge in [-0.25, -0.2) is 0 Å². The lowest BCUT2D eigenvalue weighted by Crippen LogP contribution is -2.14. The molecule has 2 rings (SSSR count). The second kappa shape index (κ2) is 7.52. The molecule has 2 aromatic rings. The minimum Gasteiger partial charge on any atom is -0.508 e. The van der Waals surface area contributed by atoms with Crippen LogP contribution in [0.2, 0.25) is 0 Å². The van der Waals surface area contributed by atoms with Gasteiger partial charge in [0.15, 0.2) is 0 Å². The molecular weight excluding hydrogens is 294 g/mol. The Labute approximate surface area is 133 Å². The normalized spacial score (nSPS) is 10.5. The molecular formula is C17H15N3O3. The lowest BCUT2D eigenvalue weighted by Gasteiger charge is -2.06. The molecule has 0 aliphatic carbocycles. The van der Waals surface area contributed by atoms with E-state index in [0.29, 0.717) is 17.1 Å². The number of phenols is 1. The summed E-state index contributed by atoms with van der Waals surface area (Å²) in [6, 6.07) is 15.0. The van der Waals surface area contributed by atoms with Crippen molar-refractivity contribution in [3.63, 3.8) is 0 Å². The van der Waals surface area contributed by atoms with Crippen LogP contribution in [0, 0.1) is 11.3 Å². The van der Waals surface area contributed by atoms with Crippen molar-refractivity contribution in [3.8, 4) is 17.6 Å². The molecule has 0 aliphatic heterocycles. The minimum atomic E-state index is -0.570. The van der Waals surface area contributed by atoms with Crippen molar-refractivity contribution in [2.75, 3.05) is 17.7 Å². The Morgan fingerprint density at radius 1 is 1.22 bits per heavy atom. The molecule has 2 aromatic carbocycles. The molecule has 6 nitrogen and oxygen atoms in total. The van der Waals surface area contributed by atoms with Crippen LogP contribution in [-0.2, 0) is 4.79 Å². The molecule has 0 bridgehead atoms. The van der Waals surface area contributed by atoms with E-state index in [1.54, 1.807) is 43.5 Å². The van der Waals surface area contributed by atoms with E-state index in [9.17, 15) is 9.90 Å². The molecule has 0 unspecified atom stereocenters. The van der Waals surface area contributed by atoms with Crippen LogP contribution < -0.4 is 15.4 Å². The molecule has 0 radical (unpaired) electrons. The fourth-order valence-electron chi connectivity index (χ4n) is 1.77. The Balaban J connectivity index is 2.05. The Bertz CT molecular complexity index is 761. The fourth-order valence-corrected chi connectivity index (χ4v) is 1.77. The van der Waals surface area contributed by atoms with Crippen LogP contribution in [0.3, 0.4) is 0 Å². The van der Waals surface area contributed by atoms with Gasteiger partial charge in [0.05, 0.1) is 7.11 Å². The quantitative estimate of drug-likeness (QED) is 0.583. The number of benzene rings is 2. The van der Waals surface area contributed by atoms with E-state index in [1.165, 1.54) is 18.3 Å². The van der Waals surface area contributed by atoms with Crippen LogP contribution in [0.25, 0.3) is 0 Å². The first-order valence-corrected chi connectivity index (χ1v) is 6.73. The number of methoxy groups -OCH3 is 1. The second-order valence-corrected chi connectivity index (χ2v) is 4.55. The highest BCUT2D eigenvalue weighted by Crippen LogP contribution is 2.17. The first-order valence-electron chi connectivity index (χ1n) is 6.73. The van der Waals surface area contributed by atoms with Crippen LogP contribution in [0.15, 0.2) is 60.3 Å². The largest absolute Gasteiger partial charge is 0.508 e. The summed E-state index contributed by atoms with van der Waals surface area (Å²) in [4.78, 5) is 12.0. The Morgan fingerprint density at radius 2 is 1.96 bits per heavy atom. The van der Waals surface area contributed by atoms with Crippen molar-refractivity contribution in [1.29, 1.82) is 5.26 Å². The molecule has 0 fully saturated rings. The summed E-state index contributed by atoms with van der Waals surface area (Å²) in [7, 11) is 1.57. The maximum absolute atomic E-state index is 12.0. The topological polar surface area (TPSA) is 94.4 Å². The molecule has 0 heterocycles. The number of carbonyl (C=O) groups is 1. The SMILES string of the molecule is COc1ccc(N/C=C(/C#N)C(=O)Nc2cccc(O)c2)cc1. The van der Waals surface area contributed by atoms with Crippen molar-refractivity contribution in [3.05, 3.63) is 60.3 Å². The second-order valence-electron chi connectivity index (χ2n) is 4.55. The van der Waals surface area contributed by atoms with Gasteiger partial charge >= 0.3 is 0 Å². The molecule has 1 amide bonds.